The lowest BCUT2D eigenvalue weighted by atomic mass is 9.83. The van der Waals surface area contributed by atoms with Gasteiger partial charge in [0.2, 0.25) is 11.8 Å². The number of phenolic OH excluding ortho intramolecular Hbond substituents is 1. The van der Waals surface area contributed by atoms with Gasteiger partial charge in [-0.2, -0.15) is 5.10 Å². The van der Waals surface area contributed by atoms with E-state index in [9.17, 15) is 24.3 Å². The molecule has 6 rings (SSSR count). The Morgan fingerprint density at radius 2 is 1.78 bits per heavy atom. The number of aryl methyl sites for hydroxylation is 1. The number of thioether (sulfide) groups is 1. The molecule has 366 valence electrons. The lowest BCUT2D eigenvalue weighted by Crippen LogP contribution is -2.54. The van der Waals surface area contributed by atoms with Crippen molar-refractivity contribution in [1.29, 1.82) is 0 Å². The summed E-state index contributed by atoms with van der Waals surface area (Å²) in [6, 6.07) is 15.6. The number of aromatic nitrogens is 1. The number of aromatic hydroxyl groups is 1. The normalized spacial score (nSPS) is 14.2. The maximum Gasteiger partial charge on any atom is 0.293 e. The number of nitrogens with zero attached hydrogens (tertiary/aromatic N) is 4. The number of nitrogens with one attached hydrogen (secondary N) is 2. The molecule has 0 bridgehead atoms. The molecule has 2 heterocycles. The summed E-state index contributed by atoms with van der Waals surface area (Å²) in [6.45, 7) is 16.3. The summed E-state index contributed by atoms with van der Waals surface area (Å²) in [5.41, 5.74) is 9.71. The second kappa shape index (κ2) is 26.0. The number of fused-ring (bicyclic) bond motifs is 1. The fourth-order valence-corrected chi connectivity index (χ4v) is 9.52. The Bertz CT molecular complexity index is 2420. The molecule has 3 amide bonds. The van der Waals surface area contributed by atoms with Gasteiger partial charge < -0.3 is 29.4 Å². The Morgan fingerprint density at radius 3 is 2.37 bits per heavy atom. The summed E-state index contributed by atoms with van der Waals surface area (Å²) < 4.78 is 28.9. The molecular formula is C53H69FN6O7S. The maximum absolute atomic E-state index is 15.9. The van der Waals surface area contributed by atoms with Crippen LogP contribution in [0.25, 0.3) is 33.3 Å². The Kier molecular flexibility index (Phi) is 20.9. The van der Waals surface area contributed by atoms with Crippen LogP contribution in [0.4, 0.5) is 4.39 Å². The predicted octanol–water partition coefficient (Wildman–Crippen LogP) is 7.99. The van der Waals surface area contributed by atoms with Gasteiger partial charge in [-0.3, -0.25) is 24.1 Å². The second-order valence-electron chi connectivity index (χ2n) is 18.2. The molecule has 2 fully saturated rings. The molecule has 15 heteroatoms. The molecule has 2 aliphatic rings. The molecule has 2 unspecified atom stereocenters. The van der Waals surface area contributed by atoms with Crippen molar-refractivity contribution in [1.82, 2.24) is 25.1 Å². The van der Waals surface area contributed by atoms with Crippen molar-refractivity contribution in [3.63, 3.8) is 0 Å². The quantitative estimate of drug-likeness (QED) is 0.0346. The SMILES string of the molecule is C#C.C=CC(=O)N1CCSC1.CCn1c(-c2ccccc2CCOC)c(CC(C)(C)COC=O)c2cc(-c3cc(O)c(F)c(CC(NC(=O)C(C(C)C)N(C)C)C(=O)NN=C4CCC4)c3)ccc21. The van der Waals surface area contributed by atoms with Crippen LogP contribution in [0.3, 0.4) is 0 Å². The molecule has 3 aromatic carbocycles. The topological polar surface area (TPSA) is 155 Å². The number of terminal acetylenes is 1. The molecule has 4 aromatic rings. The van der Waals surface area contributed by atoms with Gasteiger partial charge in [0.25, 0.3) is 12.4 Å². The fraction of sp³-hybridized carbons (Fsp3) is 0.453. The number of carbonyl (C=O) groups is 4. The second-order valence-corrected chi connectivity index (χ2v) is 19.3. The molecule has 1 aromatic heterocycles. The smallest absolute Gasteiger partial charge is 0.293 e. The molecule has 13 nitrogen and oxygen atoms in total. The third kappa shape index (κ3) is 14.1. The van der Waals surface area contributed by atoms with Gasteiger partial charge in [0.05, 0.1) is 30.8 Å². The lowest BCUT2D eigenvalue weighted by Gasteiger charge is -2.29. The molecule has 1 aliphatic heterocycles. The summed E-state index contributed by atoms with van der Waals surface area (Å²) in [4.78, 5) is 52.8. The number of ether oxygens (including phenoxy) is 2. The number of hydrazone groups is 1. The Morgan fingerprint density at radius 1 is 1.06 bits per heavy atom. The van der Waals surface area contributed by atoms with E-state index in [1.54, 1.807) is 48.8 Å². The average Bonchev–Trinajstić information content (AvgIpc) is 3.95. The Balaban J connectivity index is 0.000000811. The first-order chi connectivity index (χ1) is 32.5. The van der Waals surface area contributed by atoms with E-state index in [2.05, 4.69) is 78.8 Å². The Labute approximate surface area is 405 Å². The van der Waals surface area contributed by atoms with Gasteiger partial charge in [-0.1, -0.05) is 64.6 Å². The number of hydrogen-bond donors (Lipinski definition) is 3. The van der Waals surface area contributed by atoms with E-state index in [-0.39, 0.29) is 36.3 Å². The minimum Gasteiger partial charge on any atom is -0.505 e. The number of halogens is 1. The molecule has 2 atom stereocenters. The molecule has 0 spiro atoms. The highest BCUT2D eigenvalue weighted by molar-refractivity contribution is 7.99. The first-order valence-corrected chi connectivity index (χ1v) is 24.1. The summed E-state index contributed by atoms with van der Waals surface area (Å²) in [5, 5.41) is 19.1. The van der Waals surface area contributed by atoms with Crippen molar-refractivity contribution in [3.05, 3.63) is 89.8 Å². The van der Waals surface area contributed by atoms with Crippen LogP contribution in [0.2, 0.25) is 0 Å². The largest absolute Gasteiger partial charge is 0.505 e. The predicted molar refractivity (Wildman–Crippen MR) is 272 cm³/mol. The number of amides is 3. The molecule has 68 heavy (non-hydrogen) atoms. The van der Waals surface area contributed by atoms with Gasteiger partial charge >= 0.3 is 0 Å². The van der Waals surface area contributed by atoms with E-state index in [1.165, 1.54) is 12.1 Å². The third-order valence-electron chi connectivity index (χ3n) is 12.0. The van der Waals surface area contributed by atoms with E-state index >= 15 is 4.39 Å². The average molecular weight is 953 g/mol. The number of methoxy groups -OCH3 is 1. The van der Waals surface area contributed by atoms with Crippen LogP contribution >= 0.6 is 11.8 Å². The monoisotopic (exact) mass is 952 g/mol. The molecule has 1 saturated heterocycles. The zero-order valence-corrected chi connectivity index (χ0v) is 41.7. The summed E-state index contributed by atoms with van der Waals surface area (Å²) in [6.07, 6.45) is 13.0. The van der Waals surface area contributed by atoms with Crippen LogP contribution in [0, 0.1) is 30.0 Å². The molecular weight excluding hydrogens is 884 g/mol. The van der Waals surface area contributed by atoms with Crippen LogP contribution in [0.15, 0.2) is 72.4 Å². The number of hydrogen-bond acceptors (Lipinski definition) is 10. The summed E-state index contributed by atoms with van der Waals surface area (Å²) in [7, 11) is 5.28. The molecule has 1 saturated carbocycles. The third-order valence-corrected chi connectivity index (χ3v) is 13.0. The number of likely N-dealkylation sites (N-methyl/N-ethyl adjacent to an activating group) is 1. The van der Waals surface area contributed by atoms with Crippen LogP contribution in [0.5, 0.6) is 5.75 Å². The number of benzene rings is 3. The van der Waals surface area contributed by atoms with Gasteiger partial charge in [0.15, 0.2) is 11.6 Å². The summed E-state index contributed by atoms with van der Waals surface area (Å²) in [5.74, 6) is -0.471. The van der Waals surface area contributed by atoms with Crippen molar-refractivity contribution < 1.29 is 38.1 Å². The van der Waals surface area contributed by atoms with Crippen molar-refractivity contribution in [2.24, 2.45) is 16.4 Å². The zero-order valence-electron chi connectivity index (χ0n) is 40.9. The van der Waals surface area contributed by atoms with E-state index in [0.717, 1.165) is 88.4 Å². The van der Waals surface area contributed by atoms with E-state index in [0.29, 0.717) is 31.6 Å². The van der Waals surface area contributed by atoms with E-state index in [4.69, 9.17) is 9.47 Å². The maximum atomic E-state index is 15.9. The zero-order chi connectivity index (χ0) is 50.1. The van der Waals surface area contributed by atoms with Gasteiger partial charge in [0, 0.05) is 60.0 Å². The number of rotatable bonds is 20. The van der Waals surface area contributed by atoms with Crippen molar-refractivity contribution >= 4 is 52.6 Å². The number of phenols is 1. The number of carbonyl (C=O) groups excluding carboxylic acids is 4. The van der Waals surface area contributed by atoms with Gasteiger partial charge in [0.1, 0.15) is 6.04 Å². The standard InChI is InChI=1S/C45H58FN5O6.C6H9NOS.C2H2/c1-9-51-38-18-17-30(22-35(38)36(25-45(4,5)26-57-27-52)42(51)34-16-11-10-13-29(34)19-20-56-8)31-21-32(40(46)39(53)24-31)23-37(43(54)49-48-33-14-12-15-33)47-44(55)41(28(2)3)50(6)7;1-2-6(8)7-3-4-9-5-7;1-2/h10-11,13,16-18,21-22,24,27-28,37,41,53H,9,12,14-15,19-20,23,25-26H2,1-8H3,(H,47,55)(H,49,54);2H,1,3-5H2;1-2H. The minimum atomic E-state index is -1.17. The van der Waals surface area contributed by atoms with Gasteiger partial charge in [-0.15, -0.1) is 24.6 Å². The highest BCUT2D eigenvalue weighted by Crippen LogP contribution is 2.41. The van der Waals surface area contributed by atoms with Crippen LogP contribution in [-0.2, 0) is 54.5 Å². The van der Waals surface area contributed by atoms with Crippen LogP contribution in [-0.4, -0.2) is 114 Å². The Hall–Kier alpha value is -5.95. The highest BCUT2D eigenvalue weighted by Gasteiger charge is 2.31. The van der Waals surface area contributed by atoms with Crippen molar-refractivity contribution in [3.8, 4) is 41.0 Å². The molecule has 0 radical (unpaired) electrons. The minimum absolute atomic E-state index is 0.0556. The van der Waals surface area contributed by atoms with Crippen LogP contribution in [0.1, 0.15) is 70.6 Å². The molecule has 1 aliphatic carbocycles. The van der Waals surface area contributed by atoms with Gasteiger partial charge in [-0.25, -0.2) is 9.82 Å². The van der Waals surface area contributed by atoms with E-state index in [1.807, 2.05) is 38.1 Å². The highest BCUT2D eigenvalue weighted by atomic mass is 32.2. The first-order valence-electron chi connectivity index (χ1n) is 23.0. The van der Waals surface area contributed by atoms with Crippen LogP contribution < -0.4 is 10.7 Å². The van der Waals surface area contributed by atoms with Crippen molar-refractivity contribution in [2.45, 2.75) is 91.8 Å². The van der Waals surface area contributed by atoms with E-state index < -0.39 is 35.0 Å². The lowest BCUT2D eigenvalue weighted by molar-refractivity contribution is -0.132. The summed E-state index contributed by atoms with van der Waals surface area (Å²) >= 11 is 1.78. The fourth-order valence-electron chi connectivity index (χ4n) is 8.57. The first kappa shape index (κ1) is 54.7. The molecule has 3 N–H and O–H groups in total. The van der Waals surface area contributed by atoms with Crippen molar-refractivity contribution in [2.75, 3.05) is 52.6 Å². The van der Waals surface area contributed by atoms with Gasteiger partial charge in [-0.05, 0) is 117 Å².